The Kier molecular flexibility index (Phi) is 7.46. The number of thiophene rings is 1. The molecule has 0 saturated carbocycles. The van der Waals surface area contributed by atoms with Gasteiger partial charge < -0.3 is 11.1 Å². The van der Waals surface area contributed by atoms with E-state index < -0.39 is 0 Å². The zero-order valence-corrected chi connectivity index (χ0v) is 19.5. The molecule has 0 amide bonds. The van der Waals surface area contributed by atoms with Gasteiger partial charge in [0.15, 0.2) is 5.82 Å². The van der Waals surface area contributed by atoms with Gasteiger partial charge in [-0.3, -0.25) is 4.98 Å². The van der Waals surface area contributed by atoms with Crippen LogP contribution in [-0.2, 0) is 6.42 Å². The molecule has 0 fully saturated rings. The number of fused-ring (bicyclic) bond motifs is 1. The smallest absolute Gasteiger partial charge is 0.162 e. The van der Waals surface area contributed by atoms with Crippen LogP contribution in [-0.4, -0.2) is 27.5 Å². The summed E-state index contributed by atoms with van der Waals surface area (Å²) in [6.07, 6.45) is 6.98. The number of nitrogens with one attached hydrogen (secondary N) is 1. The molecule has 0 aliphatic rings. The van der Waals surface area contributed by atoms with Crippen molar-refractivity contribution in [2.75, 3.05) is 11.9 Å². The summed E-state index contributed by atoms with van der Waals surface area (Å²) in [5.74, 6) is 8.34. The van der Waals surface area contributed by atoms with E-state index in [1.807, 2.05) is 36.4 Å². The van der Waals surface area contributed by atoms with E-state index in [2.05, 4.69) is 53.2 Å². The molecule has 0 aliphatic carbocycles. The van der Waals surface area contributed by atoms with Crippen molar-refractivity contribution in [3.05, 3.63) is 84.0 Å². The molecule has 0 spiro atoms. The normalized spacial score (nSPS) is 12.5. The lowest BCUT2D eigenvalue weighted by Gasteiger charge is -2.14. The summed E-state index contributed by atoms with van der Waals surface area (Å²) in [5, 5.41) is 5.52. The summed E-state index contributed by atoms with van der Waals surface area (Å²) in [5.41, 5.74) is 10.3. The van der Waals surface area contributed by atoms with E-state index in [0.29, 0.717) is 18.3 Å². The molecule has 33 heavy (non-hydrogen) atoms. The lowest BCUT2D eigenvalue weighted by Crippen LogP contribution is -2.31. The van der Waals surface area contributed by atoms with Gasteiger partial charge in [-0.05, 0) is 30.0 Å². The number of rotatable bonds is 8. The van der Waals surface area contributed by atoms with Gasteiger partial charge >= 0.3 is 0 Å². The Labute approximate surface area is 198 Å². The number of nitrogens with two attached hydrogens (primary N) is 1. The molecule has 2 atom stereocenters. The second-order valence-electron chi connectivity index (χ2n) is 8.01. The van der Waals surface area contributed by atoms with E-state index in [1.54, 1.807) is 23.7 Å². The van der Waals surface area contributed by atoms with Gasteiger partial charge in [-0.15, -0.1) is 17.9 Å². The molecular formula is C27H27N5S. The van der Waals surface area contributed by atoms with E-state index in [-0.39, 0.29) is 6.04 Å². The van der Waals surface area contributed by atoms with Gasteiger partial charge in [0.2, 0.25) is 0 Å². The van der Waals surface area contributed by atoms with Crippen LogP contribution in [0.5, 0.6) is 0 Å². The van der Waals surface area contributed by atoms with Crippen LogP contribution < -0.4 is 11.1 Å². The van der Waals surface area contributed by atoms with Crippen LogP contribution in [0.3, 0.4) is 0 Å². The average Bonchev–Trinajstić information content (AvgIpc) is 3.26. The fourth-order valence-electron chi connectivity index (χ4n) is 3.36. The van der Waals surface area contributed by atoms with Crippen LogP contribution in [0, 0.1) is 17.8 Å². The van der Waals surface area contributed by atoms with Crippen molar-refractivity contribution in [2.24, 2.45) is 11.7 Å². The molecule has 6 heteroatoms. The van der Waals surface area contributed by atoms with E-state index >= 15 is 0 Å². The van der Waals surface area contributed by atoms with Crippen LogP contribution in [0.1, 0.15) is 24.5 Å². The topological polar surface area (TPSA) is 76.7 Å². The minimum absolute atomic E-state index is 0.0404. The summed E-state index contributed by atoms with van der Waals surface area (Å²) in [6, 6.07) is 14.1. The Bertz CT molecular complexity index is 1270. The molecule has 4 rings (SSSR count). The molecule has 3 N–H and O–H groups in total. The predicted octanol–water partition coefficient (Wildman–Crippen LogP) is 5.30. The molecule has 4 aromatic rings. The average molecular weight is 454 g/mol. The number of nitrogens with zero attached hydrogens (tertiary/aromatic N) is 3. The number of aromatic nitrogens is 3. The zero-order chi connectivity index (χ0) is 23.0. The molecule has 5 nitrogen and oxygen atoms in total. The third kappa shape index (κ3) is 5.83. The SMILES string of the molecule is C=CC(C)CC#Cc1csc2c(NCC(N)Cc3ccccc3)nc(-c3ccncc3)nc12. The first-order chi connectivity index (χ1) is 16.1. The summed E-state index contributed by atoms with van der Waals surface area (Å²) in [4.78, 5) is 13.8. The monoisotopic (exact) mass is 453 g/mol. The van der Waals surface area contributed by atoms with Gasteiger partial charge in [-0.1, -0.05) is 55.2 Å². The Hall–Kier alpha value is -3.53. The maximum atomic E-state index is 6.42. The van der Waals surface area contributed by atoms with Crippen LogP contribution in [0.2, 0.25) is 0 Å². The van der Waals surface area contributed by atoms with Crippen molar-refractivity contribution >= 4 is 27.4 Å². The largest absolute Gasteiger partial charge is 0.367 e. The minimum Gasteiger partial charge on any atom is -0.367 e. The van der Waals surface area contributed by atoms with E-state index in [9.17, 15) is 0 Å². The molecule has 1 aromatic carbocycles. The fourth-order valence-corrected chi connectivity index (χ4v) is 4.27. The van der Waals surface area contributed by atoms with Crippen molar-refractivity contribution in [1.82, 2.24) is 15.0 Å². The van der Waals surface area contributed by atoms with Gasteiger partial charge in [-0.2, -0.15) is 0 Å². The number of allylic oxidation sites excluding steroid dienone is 1. The first-order valence-electron chi connectivity index (χ1n) is 11.0. The molecule has 3 aromatic heterocycles. The van der Waals surface area contributed by atoms with Crippen molar-refractivity contribution in [2.45, 2.75) is 25.8 Å². The van der Waals surface area contributed by atoms with E-state index in [4.69, 9.17) is 15.7 Å². The second-order valence-corrected chi connectivity index (χ2v) is 8.89. The van der Waals surface area contributed by atoms with Crippen LogP contribution in [0.15, 0.2) is 72.9 Å². The first-order valence-corrected chi connectivity index (χ1v) is 11.9. The number of hydrogen-bond donors (Lipinski definition) is 2. The maximum Gasteiger partial charge on any atom is 0.162 e. The third-order valence-corrected chi connectivity index (χ3v) is 6.25. The predicted molar refractivity (Wildman–Crippen MR) is 138 cm³/mol. The van der Waals surface area contributed by atoms with Gasteiger partial charge in [0.25, 0.3) is 0 Å². The molecule has 166 valence electrons. The van der Waals surface area contributed by atoms with Crippen LogP contribution in [0.25, 0.3) is 21.6 Å². The number of hydrogen-bond acceptors (Lipinski definition) is 6. The third-order valence-electron chi connectivity index (χ3n) is 5.28. The summed E-state index contributed by atoms with van der Waals surface area (Å²) in [7, 11) is 0. The zero-order valence-electron chi connectivity index (χ0n) is 18.7. The highest BCUT2D eigenvalue weighted by molar-refractivity contribution is 7.18. The first kappa shape index (κ1) is 22.7. The maximum absolute atomic E-state index is 6.42. The van der Waals surface area contributed by atoms with Gasteiger partial charge in [0.05, 0.1) is 10.3 Å². The number of pyridine rings is 1. The van der Waals surface area contributed by atoms with E-state index in [1.165, 1.54) is 5.56 Å². The molecule has 2 unspecified atom stereocenters. The van der Waals surface area contributed by atoms with Gasteiger partial charge in [-0.25, -0.2) is 9.97 Å². The van der Waals surface area contributed by atoms with Crippen molar-refractivity contribution < 1.29 is 0 Å². The molecule has 0 aliphatic heterocycles. The molecular weight excluding hydrogens is 426 g/mol. The Morgan fingerprint density at radius 3 is 2.70 bits per heavy atom. The molecule has 0 bridgehead atoms. The number of anilines is 1. The Balaban J connectivity index is 1.63. The standard InChI is InChI=1S/C27H27N5S/c1-3-19(2)8-7-11-22-18-33-25-24(22)31-26(21-12-14-29-15-13-21)32-27(25)30-17-23(28)16-20-9-5-4-6-10-20/h3-6,9-10,12-15,18-19,23H,1,8,16-17,28H2,2H3,(H,30,31,32). The molecule has 0 saturated heterocycles. The highest BCUT2D eigenvalue weighted by Crippen LogP contribution is 2.32. The molecule has 3 heterocycles. The van der Waals surface area contributed by atoms with Crippen LogP contribution >= 0.6 is 11.3 Å². The van der Waals surface area contributed by atoms with Crippen molar-refractivity contribution in [3.8, 4) is 23.2 Å². The highest BCUT2D eigenvalue weighted by atomic mass is 32.1. The fraction of sp³-hybridized carbons (Fsp3) is 0.222. The molecule has 0 radical (unpaired) electrons. The van der Waals surface area contributed by atoms with Crippen LogP contribution in [0.4, 0.5) is 5.82 Å². The van der Waals surface area contributed by atoms with Gasteiger partial charge in [0, 0.05) is 42.3 Å². The second kappa shape index (κ2) is 10.9. The summed E-state index contributed by atoms with van der Waals surface area (Å²) >= 11 is 1.60. The Morgan fingerprint density at radius 1 is 1.15 bits per heavy atom. The Morgan fingerprint density at radius 2 is 1.94 bits per heavy atom. The summed E-state index contributed by atoms with van der Waals surface area (Å²) < 4.78 is 0.987. The lowest BCUT2D eigenvalue weighted by atomic mass is 10.1. The quantitative estimate of drug-likeness (QED) is 0.280. The summed E-state index contributed by atoms with van der Waals surface area (Å²) in [6.45, 7) is 6.55. The highest BCUT2D eigenvalue weighted by Gasteiger charge is 2.15. The van der Waals surface area contributed by atoms with Crippen molar-refractivity contribution in [3.63, 3.8) is 0 Å². The lowest BCUT2D eigenvalue weighted by molar-refractivity contribution is 0.698. The van der Waals surface area contributed by atoms with Gasteiger partial charge in [0.1, 0.15) is 11.3 Å². The number of benzene rings is 1. The minimum atomic E-state index is -0.0404. The van der Waals surface area contributed by atoms with Crippen molar-refractivity contribution in [1.29, 1.82) is 0 Å². The van der Waals surface area contributed by atoms with E-state index in [0.717, 1.165) is 40.0 Å².